The summed E-state index contributed by atoms with van der Waals surface area (Å²) in [6.07, 6.45) is -4.01. The van der Waals surface area contributed by atoms with Crippen molar-refractivity contribution in [2.75, 3.05) is 26.2 Å². The van der Waals surface area contributed by atoms with Gasteiger partial charge in [0, 0.05) is 45.6 Å². The van der Waals surface area contributed by atoms with Crippen molar-refractivity contribution in [1.82, 2.24) is 18.8 Å². The van der Waals surface area contributed by atoms with Crippen LogP contribution in [0.25, 0.3) is 0 Å². The predicted octanol–water partition coefficient (Wildman–Crippen LogP) is 1.23. The summed E-state index contributed by atoms with van der Waals surface area (Å²) >= 11 is 0. The van der Waals surface area contributed by atoms with Crippen molar-refractivity contribution in [2.24, 2.45) is 7.05 Å². The molecule has 1 aliphatic rings. The lowest BCUT2D eigenvalue weighted by atomic mass is 9.96. The second-order valence-corrected chi connectivity index (χ2v) is 9.39. The van der Waals surface area contributed by atoms with Gasteiger partial charge in [0.15, 0.2) is 5.82 Å². The molecule has 1 aliphatic heterocycles. The van der Waals surface area contributed by atoms with Gasteiger partial charge in [0.2, 0.25) is 21.5 Å². The molecule has 1 aromatic heterocycles. The smallest absolute Gasteiger partial charge is 0.374 e. The summed E-state index contributed by atoms with van der Waals surface area (Å²) in [4.78, 5) is 17.3. The van der Waals surface area contributed by atoms with E-state index in [9.17, 15) is 31.5 Å². The third-order valence-corrected chi connectivity index (χ3v) is 7.09. The van der Waals surface area contributed by atoms with Gasteiger partial charge in [0.1, 0.15) is 0 Å². The van der Waals surface area contributed by atoms with Crippen LogP contribution in [0, 0.1) is 0 Å². The summed E-state index contributed by atoms with van der Waals surface area (Å²) in [5.74, 6) is -1.81. The summed E-state index contributed by atoms with van der Waals surface area (Å²) in [7, 11) is -2.34. The lowest BCUT2D eigenvalue weighted by Gasteiger charge is -2.36. The number of hydrogen-bond donors (Lipinski definition) is 1. The first-order valence-corrected chi connectivity index (χ1v) is 11.1. The van der Waals surface area contributed by atoms with Gasteiger partial charge in [-0.25, -0.2) is 13.4 Å². The van der Waals surface area contributed by atoms with Crippen LogP contribution in [0.3, 0.4) is 0 Å². The van der Waals surface area contributed by atoms with Crippen molar-refractivity contribution in [3.63, 3.8) is 0 Å². The Morgan fingerprint density at radius 3 is 2.26 bits per heavy atom. The van der Waals surface area contributed by atoms with E-state index in [0.717, 1.165) is 15.7 Å². The zero-order valence-corrected chi connectivity index (χ0v) is 17.6. The SMILES string of the molecule is Cn1ccnc1C(O)(CC(=O)N1CCN(S(=O)(=O)Cc2ccccc2)CC1)C(F)(F)F. The van der Waals surface area contributed by atoms with Gasteiger partial charge in [-0.2, -0.15) is 17.5 Å². The molecule has 31 heavy (non-hydrogen) atoms. The Bertz CT molecular complexity index is 1020. The van der Waals surface area contributed by atoms with Crippen LogP contribution in [0.4, 0.5) is 13.2 Å². The van der Waals surface area contributed by atoms with Gasteiger partial charge in [-0.1, -0.05) is 30.3 Å². The fraction of sp³-hybridized carbons (Fsp3) is 0.474. The molecule has 1 unspecified atom stereocenters. The van der Waals surface area contributed by atoms with Crippen LogP contribution < -0.4 is 0 Å². The van der Waals surface area contributed by atoms with E-state index < -0.39 is 40.0 Å². The van der Waals surface area contributed by atoms with E-state index in [4.69, 9.17) is 0 Å². The molecular weight excluding hydrogens is 437 g/mol. The van der Waals surface area contributed by atoms with E-state index in [0.29, 0.717) is 5.56 Å². The number of imidazole rings is 1. The number of aliphatic hydroxyl groups is 1. The molecule has 170 valence electrons. The molecule has 1 fully saturated rings. The van der Waals surface area contributed by atoms with Gasteiger partial charge in [0.25, 0.3) is 0 Å². The molecule has 0 aliphatic carbocycles. The molecule has 12 heteroatoms. The maximum atomic E-state index is 13.6. The van der Waals surface area contributed by atoms with E-state index in [1.54, 1.807) is 30.3 Å². The van der Waals surface area contributed by atoms with Crippen LogP contribution in [-0.4, -0.2) is 70.5 Å². The van der Waals surface area contributed by atoms with E-state index in [2.05, 4.69) is 4.98 Å². The largest absolute Gasteiger partial charge is 0.425 e. The monoisotopic (exact) mass is 460 g/mol. The molecule has 2 heterocycles. The van der Waals surface area contributed by atoms with Crippen LogP contribution in [0.1, 0.15) is 17.8 Å². The van der Waals surface area contributed by atoms with Crippen molar-refractivity contribution >= 4 is 15.9 Å². The number of piperazine rings is 1. The average molecular weight is 460 g/mol. The standard InChI is InChI=1S/C19H23F3N4O4S/c1-24-8-7-23-17(24)18(28,19(20,21)22)13-16(27)25-9-11-26(12-10-25)31(29,30)14-15-5-3-2-4-6-15/h2-8,28H,9-14H2,1H3. The number of alkyl halides is 3. The van der Waals surface area contributed by atoms with Crippen LogP contribution in [-0.2, 0) is 33.2 Å². The van der Waals surface area contributed by atoms with Crippen LogP contribution >= 0.6 is 0 Å². The van der Waals surface area contributed by atoms with Crippen LogP contribution in [0.5, 0.6) is 0 Å². The Balaban J connectivity index is 1.66. The topological polar surface area (TPSA) is 95.7 Å². The highest BCUT2D eigenvalue weighted by Crippen LogP contribution is 2.41. The number of rotatable bonds is 6. The minimum Gasteiger partial charge on any atom is -0.374 e. The highest BCUT2D eigenvalue weighted by molar-refractivity contribution is 7.88. The molecule has 0 radical (unpaired) electrons. The Morgan fingerprint density at radius 2 is 1.74 bits per heavy atom. The average Bonchev–Trinajstić information content (AvgIpc) is 3.14. The maximum absolute atomic E-state index is 13.6. The zero-order valence-electron chi connectivity index (χ0n) is 16.8. The number of aryl methyl sites for hydroxylation is 1. The summed E-state index contributed by atoms with van der Waals surface area (Å²) in [6.45, 7) is -0.204. The molecule has 1 N–H and O–H groups in total. The minimum absolute atomic E-state index is 0.0340. The number of halogens is 3. The Hall–Kier alpha value is -2.44. The van der Waals surface area contributed by atoms with E-state index in [1.807, 2.05) is 0 Å². The van der Waals surface area contributed by atoms with E-state index >= 15 is 0 Å². The highest BCUT2D eigenvalue weighted by atomic mass is 32.2. The van der Waals surface area contributed by atoms with E-state index in [-0.39, 0.29) is 31.9 Å². The van der Waals surface area contributed by atoms with Gasteiger partial charge in [-0.05, 0) is 5.56 Å². The van der Waals surface area contributed by atoms with Gasteiger partial charge in [-0.15, -0.1) is 0 Å². The number of amides is 1. The summed E-state index contributed by atoms with van der Waals surface area (Å²) < 4.78 is 68.4. The third kappa shape index (κ3) is 4.91. The van der Waals surface area contributed by atoms with Crippen LogP contribution in [0.15, 0.2) is 42.7 Å². The second-order valence-electron chi connectivity index (χ2n) is 7.42. The first-order valence-electron chi connectivity index (χ1n) is 9.50. The van der Waals surface area contributed by atoms with Gasteiger partial charge in [-0.3, -0.25) is 4.79 Å². The van der Waals surface area contributed by atoms with Gasteiger partial charge in [0.05, 0.1) is 12.2 Å². The highest BCUT2D eigenvalue weighted by Gasteiger charge is 2.59. The molecule has 8 nitrogen and oxygen atoms in total. The lowest BCUT2D eigenvalue weighted by Crippen LogP contribution is -2.53. The third-order valence-electron chi connectivity index (χ3n) is 5.24. The molecule has 2 aromatic rings. The Morgan fingerprint density at radius 1 is 1.13 bits per heavy atom. The number of nitrogens with zero attached hydrogens (tertiary/aromatic N) is 4. The molecule has 1 saturated heterocycles. The molecule has 3 rings (SSSR count). The molecule has 1 aromatic carbocycles. The van der Waals surface area contributed by atoms with Gasteiger partial charge >= 0.3 is 6.18 Å². The number of carbonyl (C=O) groups excluding carboxylic acids is 1. The Labute approximate surface area is 178 Å². The second kappa shape index (κ2) is 8.60. The number of aromatic nitrogens is 2. The summed E-state index contributed by atoms with van der Waals surface area (Å²) in [5, 5.41) is 10.4. The lowest BCUT2D eigenvalue weighted by molar-refractivity contribution is -0.272. The van der Waals surface area contributed by atoms with Crippen LogP contribution in [0.2, 0.25) is 0 Å². The quantitative estimate of drug-likeness (QED) is 0.700. The van der Waals surface area contributed by atoms with Crippen molar-refractivity contribution in [1.29, 1.82) is 0 Å². The maximum Gasteiger partial charge on any atom is 0.425 e. The van der Waals surface area contributed by atoms with Crippen molar-refractivity contribution in [3.8, 4) is 0 Å². The normalized spacial score (nSPS) is 18.0. The summed E-state index contributed by atoms with van der Waals surface area (Å²) in [6, 6.07) is 8.60. The molecule has 1 amide bonds. The summed E-state index contributed by atoms with van der Waals surface area (Å²) in [5.41, 5.74) is -2.83. The molecule has 1 atom stereocenters. The fourth-order valence-corrected chi connectivity index (χ4v) is 5.01. The molecule has 0 saturated carbocycles. The zero-order chi connectivity index (χ0) is 22.9. The fourth-order valence-electron chi connectivity index (χ4n) is 3.49. The van der Waals surface area contributed by atoms with Crippen molar-refractivity contribution in [2.45, 2.75) is 24.0 Å². The molecule has 0 spiro atoms. The number of carbonyl (C=O) groups is 1. The van der Waals surface area contributed by atoms with Gasteiger partial charge < -0.3 is 14.6 Å². The number of sulfonamides is 1. The number of benzene rings is 1. The number of hydrogen-bond acceptors (Lipinski definition) is 5. The predicted molar refractivity (Wildman–Crippen MR) is 105 cm³/mol. The molecule has 0 bridgehead atoms. The van der Waals surface area contributed by atoms with Crippen molar-refractivity contribution in [3.05, 3.63) is 54.1 Å². The van der Waals surface area contributed by atoms with E-state index in [1.165, 1.54) is 17.5 Å². The minimum atomic E-state index is -5.12. The first-order chi connectivity index (χ1) is 14.4. The molecular formula is C19H23F3N4O4S. The Kier molecular flexibility index (Phi) is 6.44. The van der Waals surface area contributed by atoms with Crippen molar-refractivity contribution < 1.29 is 31.5 Å². The first kappa shape index (κ1) is 23.2.